The minimum Gasteiger partial charge on any atom is -0.456 e. The lowest BCUT2D eigenvalue weighted by Crippen LogP contribution is -2.26. The molecule has 296 valence electrons. The topological polar surface area (TPSA) is 55.1 Å². The molecule has 0 unspecified atom stereocenters. The first-order valence-electron chi connectivity index (χ1n) is 21.4. The monoisotopic (exact) mass is 798 g/mol. The van der Waals surface area contributed by atoms with Gasteiger partial charge in [-0.25, -0.2) is 15.0 Å². The predicted molar refractivity (Wildman–Crippen MR) is 253 cm³/mol. The van der Waals surface area contributed by atoms with Gasteiger partial charge in [-0.1, -0.05) is 167 Å². The Morgan fingerprint density at radius 3 is 1.47 bits per heavy atom. The van der Waals surface area contributed by atoms with Crippen molar-refractivity contribution in [2.45, 2.75) is 38.5 Å². The molecule has 0 spiro atoms. The average molecular weight is 799 g/mol. The van der Waals surface area contributed by atoms with Crippen LogP contribution in [0.3, 0.4) is 0 Å². The molecule has 0 radical (unpaired) electrons. The molecule has 10 aromatic rings. The van der Waals surface area contributed by atoms with Crippen molar-refractivity contribution in [2.75, 3.05) is 4.90 Å². The summed E-state index contributed by atoms with van der Waals surface area (Å²) in [6.45, 7) is 9.55. The smallest absolute Gasteiger partial charge is 0.165 e. The summed E-state index contributed by atoms with van der Waals surface area (Å²) < 4.78 is 6.42. The van der Waals surface area contributed by atoms with Gasteiger partial charge in [0.2, 0.25) is 0 Å². The molecule has 0 N–H and O–H groups in total. The van der Waals surface area contributed by atoms with E-state index in [2.05, 4.69) is 184 Å². The van der Waals surface area contributed by atoms with Gasteiger partial charge in [-0.3, -0.25) is 0 Å². The molecule has 2 aliphatic rings. The van der Waals surface area contributed by atoms with Crippen molar-refractivity contribution in [3.8, 4) is 56.4 Å². The number of rotatable bonds is 6. The van der Waals surface area contributed by atoms with Gasteiger partial charge in [-0.15, -0.1) is 0 Å². The lowest BCUT2D eigenvalue weighted by atomic mass is 9.74. The zero-order valence-corrected chi connectivity index (χ0v) is 35.0. The molecule has 5 heteroatoms. The van der Waals surface area contributed by atoms with Crippen molar-refractivity contribution in [3.05, 3.63) is 204 Å². The highest BCUT2D eigenvalue weighted by molar-refractivity contribution is 6.09. The summed E-state index contributed by atoms with van der Waals surface area (Å²) in [5.74, 6) is 1.85. The number of anilines is 3. The third-order valence-corrected chi connectivity index (χ3v) is 13.2. The van der Waals surface area contributed by atoms with Crippen molar-refractivity contribution in [1.29, 1.82) is 0 Å². The number of furan rings is 1. The van der Waals surface area contributed by atoms with E-state index in [0.29, 0.717) is 17.5 Å². The Morgan fingerprint density at radius 2 is 0.871 bits per heavy atom. The molecule has 0 bridgehead atoms. The number of aromatic nitrogens is 3. The Bertz CT molecular complexity index is 3280. The summed E-state index contributed by atoms with van der Waals surface area (Å²) in [6, 6.07) is 64.3. The Balaban J connectivity index is 1.25. The Kier molecular flexibility index (Phi) is 7.85. The van der Waals surface area contributed by atoms with Crippen LogP contribution in [0.15, 0.2) is 186 Å². The fourth-order valence-corrected chi connectivity index (χ4v) is 10.5. The number of benzene rings is 8. The van der Waals surface area contributed by atoms with E-state index in [0.717, 1.165) is 61.1 Å². The summed E-state index contributed by atoms with van der Waals surface area (Å²) in [6.07, 6.45) is 0. The largest absolute Gasteiger partial charge is 0.456 e. The van der Waals surface area contributed by atoms with Crippen molar-refractivity contribution < 1.29 is 4.42 Å². The van der Waals surface area contributed by atoms with Gasteiger partial charge in [0.05, 0.1) is 5.69 Å². The van der Waals surface area contributed by atoms with E-state index in [1.165, 1.54) is 39.1 Å². The first-order chi connectivity index (χ1) is 30.3. The van der Waals surface area contributed by atoms with E-state index >= 15 is 0 Å². The highest BCUT2D eigenvalue weighted by Gasteiger charge is 2.49. The van der Waals surface area contributed by atoms with Gasteiger partial charge >= 0.3 is 0 Å². The molecular weight excluding hydrogens is 757 g/mol. The average Bonchev–Trinajstić information content (AvgIpc) is 3.89. The highest BCUT2D eigenvalue weighted by atomic mass is 16.3. The third kappa shape index (κ3) is 5.24. The van der Waals surface area contributed by atoms with Crippen LogP contribution in [0, 0.1) is 0 Å². The molecule has 0 aliphatic heterocycles. The van der Waals surface area contributed by atoms with Crippen LogP contribution < -0.4 is 4.90 Å². The van der Waals surface area contributed by atoms with E-state index in [9.17, 15) is 0 Å². The lowest BCUT2D eigenvalue weighted by Gasteiger charge is -2.37. The van der Waals surface area contributed by atoms with Gasteiger partial charge in [-0.2, -0.15) is 0 Å². The van der Waals surface area contributed by atoms with Gasteiger partial charge in [0.1, 0.15) is 11.2 Å². The molecule has 0 saturated carbocycles. The standard InChI is InChI=1S/C57H42N4O/c1-56(2)43-29-17-14-27-41(43)47-49(55-59-53(35-20-8-5-9-21-35)58-54(60-55)36-32-33-40-39-26-16-19-31-45(39)62-46(40)34-36)48-42-28-15-18-30-44(42)57(3,4)51(48)52(50(47)56)61(37-22-10-6-11-23-37)38-24-12-7-13-25-38/h5-34H,1-4H3. The molecule has 12 rings (SSSR count). The molecule has 0 atom stereocenters. The molecule has 5 nitrogen and oxygen atoms in total. The molecular formula is C57H42N4O. The van der Waals surface area contributed by atoms with Crippen LogP contribution in [0.1, 0.15) is 49.9 Å². The maximum atomic E-state index is 6.42. The molecule has 62 heavy (non-hydrogen) atoms. The molecule has 2 aromatic heterocycles. The molecule has 0 fully saturated rings. The number of nitrogens with zero attached hydrogens (tertiary/aromatic N) is 4. The van der Waals surface area contributed by atoms with Crippen LogP contribution >= 0.6 is 0 Å². The van der Waals surface area contributed by atoms with Crippen LogP contribution in [0.4, 0.5) is 17.1 Å². The molecule has 8 aromatic carbocycles. The summed E-state index contributed by atoms with van der Waals surface area (Å²) in [5, 5.41) is 2.15. The minimum absolute atomic E-state index is 0.401. The third-order valence-electron chi connectivity index (χ3n) is 13.2. The van der Waals surface area contributed by atoms with Crippen LogP contribution in [-0.4, -0.2) is 15.0 Å². The molecule has 2 aliphatic carbocycles. The Labute approximate surface area is 361 Å². The van der Waals surface area contributed by atoms with Gasteiger partial charge in [-0.05, 0) is 87.0 Å². The van der Waals surface area contributed by atoms with Crippen molar-refractivity contribution in [3.63, 3.8) is 0 Å². The second kappa shape index (κ2) is 13.4. The zero-order valence-electron chi connectivity index (χ0n) is 35.0. The fourth-order valence-electron chi connectivity index (χ4n) is 10.5. The van der Waals surface area contributed by atoms with E-state index in [-0.39, 0.29) is 0 Å². The number of hydrogen-bond donors (Lipinski definition) is 0. The van der Waals surface area contributed by atoms with Crippen molar-refractivity contribution in [1.82, 2.24) is 15.0 Å². The van der Waals surface area contributed by atoms with E-state index in [4.69, 9.17) is 19.4 Å². The van der Waals surface area contributed by atoms with E-state index in [1.54, 1.807) is 0 Å². The van der Waals surface area contributed by atoms with Gasteiger partial charge in [0, 0.05) is 49.7 Å². The quantitative estimate of drug-likeness (QED) is 0.168. The first-order valence-corrected chi connectivity index (χ1v) is 21.4. The Hall–Kier alpha value is -7.63. The number of para-hydroxylation sites is 3. The minimum atomic E-state index is -0.401. The normalized spacial score (nSPS) is 14.1. The summed E-state index contributed by atoms with van der Waals surface area (Å²) in [4.78, 5) is 18.8. The number of hydrogen-bond acceptors (Lipinski definition) is 5. The van der Waals surface area contributed by atoms with Crippen molar-refractivity contribution >= 4 is 39.0 Å². The second-order valence-corrected chi connectivity index (χ2v) is 17.6. The zero-order chi connectivity index (χ0) is 41.7. The molecule has 0 saturated heterocycles. The SMILES string of the molecule is CC1(C)c2ccccc2-c2c(-c3nc(-c4ccccc4)nc(-c4ccc5c(c4)oc4ccccc45)n3)c3c(c(N(c4ccccc4)c4ccccc4)c21)C(C)(C)c1ccccc1-3. The molecule has 2 heterocycles. The van der Waals surface area contributed by atoms with Crippen LogP contribution in [0.5, 0.6) is 0 Å². The second-order valence-electron chi connectivity index (χ2n) is 17.6. The van der Waals surface area contributed by atoms with Crippen LogP contribution in [0.25, 0.3) is 78.4 Å². The maximum absolute atomic E-state index is 6.42. The van der Waals surface area contributed by atoms with E-state index < -0.39 is 10.8 Å². The Morgan fingerprint density at radius 1 is 0.403 bits per heavy atom. The number of fused-ring (bicyclic) bond motifs is 9. The fraction of sp³-hybridized carbons (Fsp3) is 0.105. The maximum Gasteiger partial charge on any atom is 0.165 e. The highest BCUT2D eigenvalue weighted by Crippen LogP contribution is 2.65. The summed E-state index contributed by atoms with van der Waals surface area (Å²) in [7, 11) is 0. The van der Waals surface area contributed by atoms with Gasteiger partial charge in [0.25, 0.3) is 0 Å². The first kappa shape index (κ1) is 36.2. The van der Waals surface area contributed by atoms with Gasteiger partial charge < -0.3 is 9.32 Å². The predicted octanol–water partition coefficient (Wildman–Crippen LogP) is 14.9. The van der Waals surface area contributed by atoms with E-state index in [1.807, 2.05) is 30.3 Å². The van der Waals surface area contributed by atoms with Crippen LogP contribution in [0.2, 0.25) is 0 Å². The summed E-state index contributed by atoms with van der Waals surface area (Å²) >= 11 is 0. The lowest BCUT2D eigenvalue weighted by molar-refractivity contribution is 0.640. The summed E-state index contributed by atoms with van der Waals surface area (Å²) in [5.41, 5.74) is 16.9. The van der Waals surface area contributed by atoms with Gasteiger partial charge in [0.15, 0.2) is 17.5 Å². The van der Waals surface area contributed by atoms with Crippen LogP contribution in [-0.2, 0) is 10.8 Å². The molecule has 0 amide bonds. The van der Waals surface area contributed by atoms with Crippen molar-refractivity contribution in [2.24, 2.45) is 0 Å².